The van der Waals surface area contributed by atoms with Crippen molar-refractivity contribution in [3.05, 3.63) is 66.2 Å². The van der Waals surface area contributed by atoms with Gasteiger partial charge < -0.3 is 5.32 Å². The molecule has 0 bridgehead atoms. The molecule has 3 aromatic rings. The average molecular weight is 444 g/mol. The van der Waals surface area contributed by atoms with Gasteiger partial charge in [-0.25, -0.2) is 17.5 Å². The highest BCUT2D eigenvalue weighted by atomic mass is 32.2. The monoisotopic (exact) mass is 444 g/mol. The normalized spacial score (nSPS) is 17.4. The van der Waals surface area contributed by atoms with Gasteiger partial charge in [0, 0.05) is 25.2 Å². The standard InChI is InChI=1S/C20H21FN6O3S/c21-19-6-2-1-4-15(19)12-22-20(28)16-5-3-11-26(13-16)31(29,30)18-9-7-17(8-10-18)27-14-23-24-25-27/h1-2,4,6-10,14,16H,3,5,11-13H2,(H,22,28)/t16-/m1/s1. The summed E-state index contributed by atoms with van der Waals surface area (Å²) in [6.45, 7) is 0.488. The zero-order valence-electron chi connectivity index (χ0n) is 16.6. The number of hydrogen-bond donors (Lipinski definition) is 1. The van der Waals surface area contributed by atoms with E-state index in [4.69, 9.17) is 0 Å². The number of carbonyl (C=O) groups excluding carboxylic acids is 1. The number of rotatable bonds is 6. The van der Waals surface area contributed by atoms with E-state index in [0.29, 0.717) is 30.6 Å². The summed E-state index contributed by atoms with van der Waals surface area (Å²) >= 11 is 0. The summed E-state index contributed by atoms with van der Waals surface area (Å²) in [6, 6.07) is 12.4. The molecule has 1 atom stereocenters. The number of carbonyl (C=O) groups is 1. The van der Waals surface area contributed by atoms with E-state index in [9.17, 15) is 17.6 Å². The Morgan fingerprint density at radius 1 is 1.16 bits per heavy atom. The first-order chi connectivity index (χ1) is 14.9. The number of aromatic nitrogens is 4. The van der Waals surface area contributed by atoms with Crippen LogP contribution in [-0.4, -0.2) is 51.9 Å². The van der Waals surface area contributed by atoms with E-state index in [1.54, 1.807) is 30.3 Å². The molecule has 1 saturated heterocycles. The van der Waals surface area contributed by atoms with Gasteiger partial charge in [-0.05, 0) is 53.6 Å². The van der Waals surface area contributed by atoms with E-state index in [2.05, 4.69) is 20.8 Å². The van der Waals surface area contributed by atoms with E-state index in [1.165, 1.54) is 33.5 Å². The van der Waals surface area contributed by atoms with Crippen molar-refractivity contribution in [1.82, 2.24) is 29.8 Å². The highest BCUT2D eigenvalue weighted by Gasteiger charge is 2.33. The van der Waals surface area contributed by atoms with Crippen molar-refractivity contribution in [2.24, 2.45) is 5.92 Å². The number of piperidine rings is 1. The fraction of sp³-hybridized carbons (Fsp3) is 0.300. The Morgan fingerprint density at radius 2 is 1.94 bits per heavy atom. The molecule has 0 spiro atoms. The third-order valence-corrected chi connectivity index (χ3v) is 7.13. The maximum atomic E-state index is 13.8. The van der Waals surface area contributed by atoms with Gasteiger partial charge in [-0.1, -0.05) is 18.2 Å². The van der Waals surface area contributed by atoms with Gasteiger partial charge in [-0.2, -0.15) is 4.31 Å². The van der Waals surface area contributed by atoms with Crippen LogP contribution in [0.15, 0.2) is 59.8 Å². The summed E-state index contributed by atoms with van der Waals surface area (Å²) in [5.41, 5.74) is 1.02. The van der Waals surface area contributed by atoms with Crippen LogP contribution in [0, 0.1) is 11.7 Å². The first-order valence-corrected chi connectivity index (χ1v) is 11.2. The topological polar surface area (TPSA) is 110 Å². The Kier molecular flexibility index (Phi) is 6.05. The molecule has 1 N–H and O–H groups in total. The van der Waals surface area contributed by atoms with Crippen LogP contribution in [0.4, 0.5) is 4.39 Å². The van der Waals surface area contributed by atoms with Crippen LogP contribution < -0.4 is 5.32 Å². The molecule has 2 heterocycles. The molecule has 0 saturated carbocycles. The molecule has 1 fully saturated rings. The van der Waals surface area contributed by atoms with Crippen LogP contribution in [-0.2, 0) is 21.4 Å². The molecular formula is C20H21FN6O3S. The average Bonchev–Trinajstić information content (AvgIpc) is 3.33. The molecule has 1 amide bonds. The van der Waals surface area contributed by atoms with E-state index >= 15 is 0 Å². The maximum Gasteiger partial charge on any atom is 0.243 e. The van der Waals surface area contributed by atoms with E-state index in [0.717, 1.165) is 0 Å². The van der Waals surface area contributed by atoms with E-state index in [1.807, 2.05) is 0 Å². The van der Waals surface area contributed by atoms with Crippen molar-refractivity contribution in [3.8, 4) is 5.69 Å². The summed E-state index contributed by atoms with van der Waals surface area (Å²) in [5, 5.41) is 13.6. The third kappa shape index (κ3) is 4.62. The van der Waals surface area contributed by atoms with Gasteiger partial charge in [0.05, 0.1) is 16.5 Å². The van der Waals surface area contributed by atoms with Crippen LogP contribution in [0.25, 0.3) is 5.69 Å². The fourth-order valence-electron chi connectivity index (χ4n) is 3.54. The highest BCUT2D eigenvalue weighted by Crippen LogP contribution is 2.24. The number of benzene rings is 2. The van der Waals surface area contributed by atoms with Crippen LogP contribution in [0.2, 0.25) is 0 Å². The Hall–Kier alpha value is -3.18. The Labute approximate surface area is 178 Å². The van der Waals surface area contributed by atoms with Gasteiger partial charge >= 0.3 is 0 Å². The molecule has 4 rings (SSSR count). The molecular weight excluding hydrogens is 423 g/mol. The maximum absolute atomic E-state index is 13.8. The minimum Gasteiger partial charge on any atom is -0.352 e. The molecule has 162 valence electrons. The van der Waals surface area contributed by atoms with Crippen LogP contribution in [0.1, 0.15) is 18.4 Å². The molecule has 11 heteroatoms. The number of hydrogen-bond acceptors (Lipinski definition) is 6. The summed E-state index contributed by atoms with van der Waals surface area (Å²) in [7, 11) is -3.76. The molecule has 1 aliphatic heterocycles. The molecule has 9 nitrogen and oxygen atoms in total. The van der Waals surface area contributed by atoms with Crippen molar-refractivity contribution >= 4 is 15.9 Å². The van der Waals surface area contributed by atoms with Gasteiger partial charge in [-0.15, -0.1) is 5.10 Å². The molecule has 2 aromatic carbocycles. The zero-order chi connectivity index (χ0) is 21.8. The molecule has 31 heavy (non-hydrogen) atoms. The number of amides is 1. The van der Waals surface area contributed by atoms with E-state index in [-0.39, 0.29) is 29.7 Å². The Bertz CT molecular complexity index is 1150. The second-order valence-electron chi connectivity index (χ2n) is 7.26. The Morgan fingerprint density at radius 3 is 2.65 bits per heavy atom. The third-order valence-electron chi connectivity index (χ3n) is 5.25. The van der Waals surface area contributed by atoms with Gasteiger partial charge in [0.1, 0.15) is 12.1 Å². The molecule has 0 unspecified atom stereocenters. The predicted octanol–water partition coefficient (Wildman–Crippen LogP) is 1.52. The van der Waals surface area contributed by atoms with Crippen molar-refractivity contribution in [2.45, 2.75) is 24.3 Å². The lowest BCUT2D eigenvalue weighted by molar-refractivity contribution is -0.126. The second kappa shape index (κ2) is 8.90. The lowest BCUT2D eigenvalue weighted by Gasteiger charge is -2.31. The number of sulfonamides is 1. The van der Waals surface area contributed by atoms with Gasteiger partial charge in [-0.3, -0.25) is 4.79 Å². The van der Waals surface area contributed by atoms with Gasteiger partial charge in [0.25, 0.3) is 0 Å². The molecule has 0 radical (unpaired) electrons. The van der Waals surface area contributed by atoms with Gasteiger partial charge in [0.2, 0.25) is 15.9 Å². The van der Waals surface area contributed by atoms with Crippen molar-refractivity contribution in [1.29, 1.82) is 0 Å². The van der Waals surface area contributed by atoms with Crippen LogP contribution in [0.3, 0.4) is 0 Å². The zero-order valence-corrected chi connectivity index (χ0v) is 17.4. The lowest BCUT2D eigenvalue weighted by atomic mass is 9.98. The predicted molar refractivity (Wildman–Crippen MR) is 109 cm³/mol. The molecule has 1 aromatic heterocycles. The van der Waals surface area contributed by atoms with Gasteiger partial charge in [0.15, 0.2) is 0 Å². The smallest absolute Gasteiger partial charge is 0.243 e. The number of halogens is 1. The largest absolute Gasteiger partial charge is 0.352 e. The molecule has 0 aliphatic carbocycles. The SMILES string of the molecule is O=C(NCc1ccccc1F)[C@@H]1CCCN(S(=O)(=O)c2ccc(-n3cnnn3)cc2)C1. The highest BCUT2D eigenvalue weighted by molar-refractivity contribution is 7.89. The fourth-order valence-corrected chi connectivity index (χ4v) is 5.07. The minimum absolute atomic E-state index is 0.0629. The summed E-state index contributed by atoms with van der Waals surface area (Å²) in [6.07, 6.45) is 2.56. The second-order valence-corrected chi connectivity index (χ2v) is 9.20. The van der Waals surface area contributed by atoms with Crippen molar-refractivity contribution in [2.75, 3.05) is 13.1 Å². The summed E-state index contributed by atoms with van der Waals surface area (Å²) in [5.74, 6) is -1.16. The first kappa shape index (κ1) is 21.1. The first-order valence-electron chi connectivity index (χ1n) is 9.80. The van der Waals surface area contributed by atoms with Crippen molar-refractivity contribution in [3.63, 3.8) is 0 Å². The number of nitrogens with one attached hydrogen (secondary N) is 1. The van der Waals surface area contributed by atoms with Crippen LogP contribution in [0.5, 0.6) is 0 Å². The van der Waals surface area contributed by atoms with Crippen molar-refractivity contribution < 1.29 is 17.6 Å². The molecule has 1 aliphatic rings. The van der Waals surface area contributed by atoms with Crippen LogP contribution >= 0.6 is 0 Å². The lowest BCUT2D eigenvalue weighted by Crippen LogP contribution is -2.45. The Balaban J connectivity index is 1.42. The number of tetrazole rings is 1. The quantitative estimate of drug-likeness (QED) is 0.617. The number of nitrogens with zero attached hydrogens (tertiary/aromatic N) is 5. The van der Waals surface area contributed by atoms with E-state index < -0.39 is 15.9 Å². The summed E-state index contributed by atoms with van der Waals surface area (Å²) < 4.78 is 42.7. The summed E-state index contributed by atoms with van der Waals surface area (Å²) in [4.78, 5) is 12.7. The minimum atomic E-state index is -3.76.